The van der Waals surface area contributed by atoms with Gasteiger partial charge in [-0.2, -0.15) is 13.2 Å². The molecule has 0 saturated carbocycles. The van der Waals surface area contributed by atoms with E-state index in [9.17, 15) is 22.8 Å². The third-order valence-electron chi connectivity index (χ3n) is 3.97. The van der Waals surface area contributed by atoms with Gasteiger partial charge in [-0.05, 0) is 43.1 Å². The highest BCUT2D eigenvalue weighted by molar-refractivity contribution is 5.99. The molecule has 0 bridgehead atoms. The van der Waals surface area contributed by atoms with Crippen molar-refractivity contribution >= 4 is 17.5 Å². The number of anilines is 1. The van der Waals surface area contributed by atoms with E-state index in [-0.39, 0.29) is 17.3 Å². The Labute approximate surface area is 154 Å². The van der Waals surface area contributed by atoms with Crippen LogP contribution in [0, 0.1) is 6.92 Å². The van der Waals surface area contributed by atoms with Crippen LogP contribution in [0.5, 0.6) is 0 Å². The number of hydrogen-bond donors (Lipinski definition) is 3. The van der Waals surface area contributed by atoms with Crippen molar-refractivity contribution in [3.63, 3.8) is 0 Å². The predicted octanol–water partition coefficient (Wildman–Crippen LogP) is 3.32. The number of halogens is 3. The lowest BCUT2D eigenvalue weighted by atomic mass is 10.0. The molecule has 0 unspecified atom stereocenters. The standard InChI is InChI=1S/C19H20F3N3O2/c1-12-7-8-14(11-16(12)25-18(27)19(20,21)22)17(26)24-15(9-10-23)13-5-3-2-4-6-13/h2-8,11,15H,9-10,23H2,1H3,(H,24,26)(H,25,27)/t15-/m0/s1. The Morgan fingerprint density at radius 1 is 1.11 bits per heavy atom. The molecular weight excluding hydrogens is 359 g/mol. The van der Waals surface area contributed by atoms with Gasteiger partial charge in [0.2, 0.25) is 0 Å². The summed E-state index contributed by atoms with van der Waals surface area (Å²) in [6, 6.07) is 13.1. The van der Waals surface area contributed by atoms with E-state index in [4.69, 9.17) is 5.73 Å². The molecule has 0 aromatic heterocycles. The molecule has 2 aromatic carbocycles. The molecule has 8 heteroatoms. The van der Waals surface area contributed by atoms with Gasteiger partial charge in [0.15, 0.2) is 0 Å². The largest absolute Gasteiger partial charge is 0.471 e. The van der Waals surface area contributed by atoms with Crippen molar-refractivity contribution in [2.75, 3.05) is 11.9 Å². The molecule has 27 heavy (non-hydrogen) atoms. The van der Waals surface area contributed by atoms with Crippen LogP contribution in [0.25, 0.3) is 0 Å². The van der Waals surface area contributed by atoms with Gasteiger partial charge in [-0.25, -0.2) is 0 Å². The van der Waals surface area contributed by atoms with Crippen LogP contribution >= 0.6 is 0 Å². The molecule has 144 valence electrons. The highest BCUT2D eigenvalue weighted by atomic mass is 19.4. The van der Waals surface area contributed by atoms with Crippen LogP contribution in [-0.4, -0.2) is 24.5 Å². The molecule has 0 heterocycles. The topological polar surface area (TPSA) is 84.2 Å². The summed E-state index contributed by atoms with van der Waals surface area (Å²) in [4.78, 5) is 23.7. The summed E-state index contributed by atoms with van der Waals surface area (Å²) in [5.41, 5.74) is 6.96. The normalized spacial score (nSPS) is 12.3. The van der Waals surface area contributed by atoms with Gasteiger partial charge in [0, 0.05) is 11.3 Å². The molecule has 1 atom stereocenters. The summed E-state index contributed by atoms with van der Waals surface area (Å²) >= 11 is 0. The first-order valence-electron chi connectivity index (χ1n) is 8.27. The molecule has 0 spiro atoms. The average Bonchev–Trinajstić information content (AvgIpc) is 2.63. The smallest absolute Gasteiger partial charge is 0.345 e. The number of carbonyl (C=O) groups is 2. The van der Waals surface area contributed by atoms with Gasteiger partial charge in [-0.15, -0.1) is 0 Å². The first kappa shape index (κ1) is 20.4. The maximum atomic E-state index is 12.6. The highest BCUT2D eigenvalue weighted by Gasteiger charge is 2.38. The Morgan fingerprint density at radius 2 is 1.78 bits per heavy atom. The number of nitrogens with one attached hydrogen (secondary N) is 2. The van der Waals surface area contributed by atoms with Gasteiger partial charge in [-0.3, -0.25) is 9.59 Å². The minimum absolute atomic E-state index is 0.0694. The molecule has 0 radical (unpaired) electrons. The number of benzene rings is 2. The van der Waals surface area contributed by atoms with Crippen molar-refractivity contribution in [1.29, 1.82) is 0 Å². The van der Waals surface area contributed by atoms with Crippen LogP contribution < -0.4 is 16.4 Å². The van der Waals surface area contributed by atoms with E-state index in [2.05, 4.69) is 5.32 Å². The predicted molar refractivity (Wildman–Crippen MR) is 96.2 cm³/mol. The molecule has 0 aliphatic rings. The molecule has 2 aromatic rings. The van der Waals surface area contributed by atoms with E-state index in [0.29, 0.717) is 18.5 Å². The number of rotatable bonds is 6. The fourth-order valence-corrected chi connectivity index (χ4v) is 2.51. The summed E-state index contributed by atoms with van der Waals surface area (Å²) in [5.74, 6) is -2.56. The molecule has 2 amide bonds. The molecule has 0 aliphatic heterocycles. The first-order chi connectivity index (χ1) is 12.7. The van der Waals surface area contributed by atoms with Gasteiger partial charge in [-0.1, -0.05) is 36.4 Å². The molecule has 5 nitrogen and oxygen atoms in total. The lowest BCUT2D eigenvalue weighted by Gasteiger charge is -2.19. The molecular formula is C19H20F3N3O2. The minimum atomic E-state index is -5.01. The zero-order valence-electron chi connectivity index (χ0n) is 14.6. The maximum Gasteiger partial charge on any atom is 0.471 e. The second-order valence-corrected chi connectivity index (χ2v) is 6.00. The Balaban J connectivity index is 2.20. The van der Waals surface area contributed by atoms with Gasteiger partial charge >= 0.3 is 12.1 Å². The van der Waals surface area contributed by atoms with Crippen LogP contribution in [0.15, 0.2) is 48.5 Å². The highest BCUT2D eigenvalue weighted by Crippen LogP contribution is 2.23. The van der Waals surface area contributed by atoms with Gasteiger partial charge in [0.1, 0.15) is 0 Å². The fraction of sp³-hybridized carbons (Fsp3) is 0.263. The van der Waals surface area contributed by atoms with E-state index < -0.39 is 18.0 Å². The van der Waals surface area contributed by atoms with E-state index in [1.54, 1.807) is 5.32 Å². The minimum Gasteiger partial charge on any atom is -0.345 e. The Bertz CT molecular complexity index is 808. The molecule has 4 N–H and O–H groups in total. The zero-order valence-corrected chi connectivity index (χ0v) is 14.6. The number of aryl methyl sites for hydroxylation is 1. The maximum absolute atomic E-state index is 12.6. The van der Waals surface area contributed by atoms with E-state index in [1.807, 2.05) is 30.3 Å². The summed E-state index contributed by atoms with van der Waals surface area (Å²) < 4.78 is 37.4. The first-order valence-corrected chi connectivity index (χ1v) is 8.27. The van der Waals surface area contributed by atoms with Crippen molar-refractivity contribution in [1.82, 2.24) is 5.32 Å². The Kier molecular flexibility index (Phi) is 6.57. The zero-order chi connectivity index (χ0) is 20.0. The summed E-state index contributed by atoms with van der Waals surface area (Å²) in [6.45, 7) is 1.88. The number of hydrogen-bond acceptors (Lipinski definition) is 3. The number of amides is 2. The van der Waals surface area contributed by atoms with E-state index in [0.717, 1.165) is 5.56 Å². The second kappa shape index (κ2) is 8.68. The fourth-order valence-electron chi connectivity index (χ4n) is 2.51. The van der Waals surface area contributed by atoms with Crippen LogP contribution in [0.2, 0.25) is 0 Å². The second-order valence-electron chi connectivity index (χ2n) is 6.00. The third-order valence-corrected chi connectivity index (χ3v) is 3.97. The average molecular weight is 379 g/mol. The molecule has 0 fully saturated rings. The quantitative estimate of drug-likeness (QED) is 0.720. The molecule has 2 rings (SSSR count). The van der Waals surface area contributed by atoms with Crippen LogP contribution in [0.3, 0.4) is 0 Å². The van der Waals surface area contributed by atoms with Crippen molar-refractivity contribution < 1.29 is 22.8 Å². The number of nitrogens with two attached hydrogens (primary N) is 1. The summed E-state index contributed by atoms with van der Waals surface area (Å²) in [5, 5.41) is 4.62. The SMILES string of the molecule is Cc1ccc(C(=O)N[C@@H](CCN)c2ccccc2)cc1NC(=O)C(F)(F)F. The molecule has 0 aliphatic carbocycles. The molecule has 0 saturated heterocycles. The van der Waals surface area contributed by atoms with Gasteiger partial charge in [0.25, 0.3) is 5.91 Å². The van der Waals surface area contributed by atoms with Gasteiger partial charge in [0.05, 0.1) is 6.04 Å². The summed E-state index contributed by atoms with van der Waals surface area (Å²) in [7, 11) is 0. The Morgan fingerprint density at radius 3 is 2.37 bits per heavy atom. The van der Waals surface area contributed by atoms with Crippen LogP contribution in [-0.2, 0) is 4.79 Å². The van der Waals surface area contributed by atoms with Gasteiger partial charge < -0.3 is 16.4 Å². The monoisotopic (exact) mass is 379 g/mol. The third kappa shape index (κ3) is 5.55. The van der Waals surface area contributed by atoms with E-state index >= 15 is 0 Å². The lowest BCUT2D eigenvalue weighted by Crippen LogP contribution is -2.31. The van der Waals surface area contributed by atoms with Crippen LogP contribution in [0.4, 0.5) is 18.9 Å². The summed E-state index contributed by atoms with van der Waals surface area (Å²) in [6.07, 6.45) is -4.51. The number of alkyl halides is 3. The van der Waals surface area contributed by atoms with Crippen molar-refractivity contribution in [3.05, 3.63) is 65.2 Å². The van der Waals surface area contributed by atoms with Crippen molar-refractivity contribution in [2.45, 2.75) is 25.6 Å². The van der Waals surface area contributed by atoms with Crippen molar-refractivity contribution in [3.8, 4) is 0 Å². The number of carbonyl (C=O) groups excluding carboxylic acids is 2. The van der Waals surface area contributed by atoms with Crippen molar-refractivity contribution in [2.24, 2.45) is 5.73 Å². The van der Waals surface area contributed by atoms with Crippen LogP contribution in [0.1, 0.15) is 33.9 Å². The van der Waals surface area contributed by atoms with E-state index in [1.165, 1.54) is 25.1 Å². The Hall–Kier alpha value is -2.87. The lowest BCUT2D eigenvalue weighted by molar-refractivity contribution is -0.167.